The average Bonchev–Trinajstić information content (AvgIpc) is 2.92. The van der Waals surface area contributed by atoms with E-state index in [2.05, 4.69) is 41.7 Å². The molecule has 3 aliphatic rings. The van der Waals surface area contributed by atoms with E-state index >= 15 is 0 Å². The van der Waals surface area contributed by atoms with Gasteiger partial charge in [-0.05, 0) is 48.4 Å². The molecule has 192 valence electrons. The lowest BCUT2D eigenvalue weighted by molar-refractivity contribution is -0.139. The zero-order chi connectivity index (χ0) is 24.9. The van der Waals surface area contributed by atoms with Gasteiger partial charge < -0.3 is 30.3 Å². The van der Waals surface area contributed by atoms with Crippen molar-refractivity contribution in [1.82, 2.24) is 15.1 Å². The van der Waals surface area contributed by atoms with Crippen LogP contribution in [0.3, 0.4) is 0 Å². The molecular formula is C28H36N4O4. The van der Waals surface area contributed by atoms with Crippen molar-refractivity contribution < 1.29 is 19.1 Å². The van der Waals surface area contributed by atoms with Crippen molar-refractivity contribution in [3.8, 4) is 5.75 Å². The number of piperidine rings is 2. The minimum absolute atomic E-state index is 0.00807. The van der Waals surface area contributed by atoms with Crippen molar-refractivity contribution in [2.45, 2.75) is 37.3 Å². The third kappa shape index (κ3) is 5.50. The standard InChI is InChI=1S/C28H36N4O4/c29-12-16-35-23-8-4-7-22(17-23)27(20-5-2-1-3-6-20)21-9-13-31(14-10-21)28(34)32-15-11-25-24(18-32)30-26(33)19-36-25/h1-8,17,21,24-25,27H,9-16,18-19,29H2,(H,30,33)/t24-,25?,27+/m1/s1. The van der Waals surface area contributed by atoms with Crippen LogP contribution in [-0.4, -0.2) is 79.8 Å². The van der Waals surface area contributed by atoms with Crippen LogP contribution >= 0.6 is 0 Å². The van der Waals surface area contributed by atoms with Crippen LogP contribution in [0.2, 0.25) is 0 Å². The molecule has 3 amide bonds. The van der Waals surface area contributed by atoms with Gasteiger partial charge in [-0.1, -0.05) is 42.5 Å². The van der Waals surface area contributed by atoms with Gasteiger partial charge in [-0.25, -0.2) is 4.79 Å². The Hall–Kier alpha value is -3.10. The number of nitrogens with one attached hydrogen (secondary N) is 1. The van der Waals surface area contributed by atoms with Gasteiger partial charge in [-0.3, -0.25) is 4.79 Å². The summed E-state index contributed by atoms with van der Waals surface area (Å²) in [7, 11) is 0. The lowest BCUT2D eigenvalue weighted by Gasteiger charge is -2.44. The molecule has 2 aromatic carbocycles. The summed E-state index contributed by atoms with van der Waals surface area (Å²) < 4.78 is 11.5. The van der Waals surface area contributed by atoms with E-state index < -0.39 is 0 Å². The van der Waals surface area contributed by atoms with Crippen LogP contribution in [0.5, 0.6) is 5.75 Å². The molecule has 3 aliphatic heterocycles. The molecule has 0 bridgehead atoms. The van der Waals surface area contributed by atoms with Crippen LogP contribution in [0, 0.1) is 5.92 Å². The molecule has 2 aromatic rings. The highest BCUT2D eigenvalue weighted by atomic mass is 16.5. The molecule has 0 saturated carbocycles. The quantitative estimate of drug-likeness (QED) is 0.646. The minimum Gasteiger partial charge on any atom is -0.492 e. The maximum absolute atomic E-state index is 13.3. The van der Waals surface area contributed by atoms with Crippen molar-refractivity contribution >= 4 is 11.9 Å². The van der Waals surface area contributed by atoms with Crippen LogP contribution in [0.15, 0.2) is 54.6 Å². The fourth-order valence-electron chi connectivity index (χ4n) is 5.87. The molecule has 0 aromatic heterocycles. The Balaban J connectivity index is 1.26. The number of urea groups is 1. The number of carbonyl (C=O) groups excluding carboxylic acids is 2. The highest BCUT2D eigenvalue weighted by Gasteiger charge is 2.38. The van der Waals surface area contributed by atoms with E-state index in [9.17, 15) is 9.59 Å². The predicted octanol–water partition coefficient (Wildman–Crippen LogP) is 2.58. The molecule has 3 heterocycles. The third-order valence-corrected chi connectivity index (χ3v) is 7.64. The summed E-state index contributed by atoms with van der Waals surface area (Å²) in [5.41, 5.74) is 8.14. The summed E-state index contributed by atoms with van der Waals surface area (Å²) in [5.74, 6) is 1.39. The zero-order valence-electron chi connectivity index (χ0n) is 20.7. The number of benzene rings is 2. The number of amides is 3. The number of nitrogens with zero attached hydrogens (tertiary/aromatic N) is 2. The van der Waals surface area contributed by atoms with Crippen LogP contribution in [0.4, 0.5) is 4.79 Å². The number of hydrogen-bond donors (Lipinski definition) is 2. The first-order chi connectivity index (χ1) is 17.6. The molecule has 5 rings (SSSR count). The second kappa shape index (κ2) is 11.3. The number of ether oxygens (including phenoxy) is 2. The molecule has 0 radical (unpaired) electrons. The number of hydrogen-bond acceptors (Lipinski definition) is 5. The summed E-state index contributed by atoms with van der Waals surface area (Å²) in [6.45, 7) is 3.72. The summed E-state index contributed by atoms with van der Waals surface area (Å²) in [6.07, 6.45) is 2.62. The van der Waals surface area contributed by atoms with Gasteiger partial charge in [0.25, 0.3) is 0 Å². The van der Waals surface area contributed by atoms with Gasteiger partial charge in [0.2, 0.25) is 5.91 Å². The molecular weight excluding hydrogens is 456 g/mol. The maximum Gasteiger partial charge on any atom is 0.320 e. The van der Waals surface area contributed by atoms with E-state index in [1.54, 1.807) is 0 Å². The highest BCUT2D eigenvalue weighted by molar-refractivity contribution is 5.79. The molecule has 3 fully saturated rings. The van der Waals surface area contributed by atoms with Gasteiger partial charge in [0.15, 0.2) is 0 Å². The zero-order valence-corrected chi connectivity index (χ0v) is 20.7. The van der Waals surface area contributed by atoms with E-state index in [1.807, 2.05) is 28.0 Å². The fraction of sp³-hybridized carbons (Fsp3) is 0.500. The molecule has 0 spiro atoms. The highest BCUT2D eigenvalue weighted by Crippen LogP contribution is 2.39. The van der Waals surface area contributed by atoms with Crippen molar-refractivity contribution in [3.05, 3.63) is 65.7 Å². The molecule has 0 aliphatic carbocycles. The first-order valence-corrected chi connectivity index (χ1v) is 13.0. The van der Waals surface area contributed by atoms with Crippen LogP contribution < -0.4 is 15.8 Å². The van der Waals surface area contributed by atoms with Gasteiger partial charge >= 0.3 is 6.03 Å². The lowest BCUT2D eigenvalue weighted by atomic mass is 9.76. The monoisotopic (exact) mass is 492 g/mol. The van der Waals surface area contributed by atoms with Crippen LogP contribution in [0.1, 0.15) is 36.3 Å². The Bertz CT molecular complexity index is 1040. The van der Waals surface area contributed by atoms with Crippen molar-refractivity contribution in [1.29, 1.82) is 0 Å². The molecule has 1 unspecified atom stereocenters. The molecule has 3 N–H and O–H groups in total. The largest absolute Gasteiger partial charge is 0.492 e. The Morgan fingerprint density at radius 1 is 1.03 bits per heavy atom. The van der Waals surface area contributed by atoms with Gasteiger partial charge in [0, 0.05) is 38.6 Å². The predicted molar refractivity (Wildman–Crippen MR) is 137 cm³/mol. The van der Waals surface area contributed by atoms with Crippen molar-refractivity contribution in [2.75, 3.05) is 45.9 Å². The van der Waals surface area contributed by atoms with E-state index in [1.165, 1.54) is 11.1 Å². The van der Waals surface area contributed by atoms with Gasteiger partial charge in [-0.2, -0.15) is 0 Å². The Labute approximate surface area is 212 Å². The average molecular weight is 493 g/mol. The molecule has 36 heavy (non-hydrogen) atoms. The van der Waals surface area contributed by atoms with Crippen LogP contribution in [-0.2, 0) is 9.53 Å². The number of nitrogens with two attached hydrogens (primary N) is 1. The Kier molecular flexibility index (Phi) is 7.72. The lowest BCUT2D eigenvalue weighted by Crippen LogP contribution is -2.62. The van der Waals surface area contributed by atoms with Crippen molar-refractivity contribution in [2.24, 2.45) is 11.7 Å². The molecule has 8 heteroatoms. The third-order valence-electron chi connectivity index (χ3n) is 7.64. The maximum atomic E-state index is 13.3. The number of rotatable bonds is 6. The number of morpholine rings is 1. The van der Waals surface area contributed by atoms with E-state index in [0.717, 1.165) is 38.1 Å². The fourth-order valence-corrected chi connectivity index (χ4v) is 5.87. The normalized spacial score (nSPS) is 23.5. The summed E-state index contributed by atoms with van der Waals surface area (Å²) in [4.78, 5) is 28.9. The van der Waals surface area contributed by atoms with Gasteiger partial charge in [0.05, 0.1) is 12.1 Å². The summed E-state index contributed by atoms with van der Waals surface area (Å²) in [5, 5.41) is 2.99. The minimum atomic E-state index is -0.113. The molecule has 3 atom stereocenters. The van der Waals surface area contributed by atoms with Crippen LogP contribution in [0.25, 0.3) is 0 Å². The second-order valence-electron chi connectivity index (χ2n) is 9.96. The summed E-state index contributed by atoms with van der Waals surface area (Å²) >= 11 is 0. The van der Waals surface area contributed by atoms with E-state index in [4.69, 9.17) is 15.2 Å². The Morgan fingerprint density at radius 2 is 1.78 bits per heavy atom. The Morgan fingerprint density at radius 3 is 2.56 bits per heavy atom. The first-order valence-electron chi connectivity index (χ1n) is 13.0. The molecule has 8 nitrogen and oxygen atoms in total. The molecule has 3 saturated heterocycles. The van der Waals surface area contributed by atoms with E-state index in [0.29, 0.717) is 32.2 Å². The number of likely N-dealkylation sites (tertiary alicyclic amines) is 2. The smallest absolute Gasteiger partial charge is 0.320 e. The number of carbonyl (C=O) groups is 2. The SMILES string of the molecule is NCCOc1cccc([C@@H](c2ccccc2)C2CCN(C(=O)N3CCC4OCC(=O)N[C@@H]4C3)CC2)c1. The van der Waals surface area contributed by atoms with Crippen molar-refractivity contribution in [3.63, 3.8) is 0 Å². The first kappa shape index (κ1) is 24.6. The van der Waals surface area contributed by atoms with Gasteiger partial charge in [-0.15, -0.1) is 0 Å². The second-order valence-corrected chi connectivity index (χ2v) is 9.96. The van der Waals surface area contributed by atoms with Gasteiger partial charge in [0.1, 0.15) is 19.0 Å². The number of fused-ring (bicyclic) bond motifs is 1. The summed E-state index contributed by atoms with van der Waals surface area (Å²) in [6, 6.07) is 18.9. The topological polar surface area (TPSA) is 97.1 Å². The van der Waals surface area contributed by atoms with E-state index in [-0.39, 0.29) is 36.6 Å².